The zero-order valence-corrected chi connectivity index (χ0v) is 10.3. The van der Waals surface area contributed by atoms with Crippen LogP contribution in [0.3, 0.4) is 0 Å². The average molecular weight is 221 g/mol. The van der Waals surface area contributed by atoms with Crippen LogP contribution in [0.5, 0.6) is 0 Å². The van der Waals surface area contributed by atoms with Gasteiger partial charge in [-0.2, -0.15) is 0 Å². The van der Waals surface area contributed by atoms with Gasteiger partial charge in [-0.25, -0.2) is 0 Å². The molecular formula is C13H19NO2. The Labute approximate surface area is 96.7 Å². The predicted octanol–water partition coefficient (Wildman–Crippen LogP) is 2.54. The van der Waals surface area contributed by atoms with Gasteiger partial charge in [-0.3, -0.25) is 4.79 Å². The number of carbonyl (C=O) groups is 1. The summed E-state index contributed by atoms with van der Waals surface area (Å²) in [6.07, 6.45) is 0. The molecule has 0 spiro atoms. The van der Waals surface area contributed by atoms with Crippen molar-refractivity contribution in [1.82, 2.24) is 0 Å². The molecule has 1 N–H and O–H groups in total. The van der Waals surface area contributed by atoms with Gasteiger partial charge in [0.2, 0.25) is 0 Å². The number of aliphatic carboxylic acids is 1. The van der Waals surface area contributed by atoms with E-state index in [4.69, 9.17) is 5.11 Å². The maximum atomic E-state index is 11.0. The first-order valence-electron chi connectivity index (χ1n) is 5.34. The number of rotatable bonds is 4. The van der Waals surface area contributed by atoms with Gasteiger partial charge in [-0.05, 0) is 32.9 Å². The van der Waals surface area contributed by atoms with Gasteiger partial charge in [0.1, 0.15) is 0 Å². The minimum absolute atomic E-state index is 0.491. The number of carboxylic acid groups (broad SMARTS) is 1. The number of hydrogen-bond donors (Lipinski definition) is 1. The van der Waals surface area contributed by atoms with Crippen molar-refractivity contribution in [3.8, 4) is 0 Å². The first kappa shape index (κ1) is 12.6. The number of hydrogen-bond acceptors (Lipinski definition) is 2. The Bertz CT molecular complexity index is 368. The predicted molar refractivity (Wildman–Crippen MR) is 65.9 cm³/mol. The molecule has 0 heterocycles. The number of benzene rings is 1. The highest BCUT2D eigenvalue weighted by molar-refractivity contribution is 5.74. The molecule has 16 heavy (non-hydrogen) atoms. The van der Waals surface area contributed by atoms with E-state index in [1.165, 1.54) is 5.56 Å². The van der Waals surface area contributed by atoms with E-state index in [1.54, 1.807) is 13.8 Å². The van der Waals surface area contributed by atoms with Crippen molar-refractivity contribution in [2.75, 3.05) is 18.5 Å². The van der Waals surface area contributed by atoms with E-state index in [0.29, 0.717) is 6.54 Å². The number of carboxylic acids is 1. The summed E-state index contributed by atoms with van der Waals surface area (Å²) < 4.78 is 0. The molecule has 0 aliphatic rings. The molecule has 0 radical (unpaired) electrons. The Morgan fingerprint density at radius 1 is 1.31 bits per heavy atom. The van der Waals surface area contributed by atoms with Crippen molar-refractivity contribution in [2.24, 2.45) is 5.41 Å². The lowest BCUT2D eigenvalue weighted by molar-refractivity contribution is -0.146. The first-order valence-corrected chi connectivity index (χ1v) is 5.34. The minimum Gasteiger partial charge on any atom is -0.481 e. The van der Waals surface area contributed by atoms with Crippen molar-refractivity contribution in [1.29, 1.82) is 0 Å². The lowest BCUT2D eigenvalue weighted by Crippen LogP contribution is -2.37. The van der Waals surface area contributed by atoms with Crippen LogP contribution in [0.25, 0.3) is 0 Å². The molecule has 0 aromatic heterocycles. The molecule has 88 valence electrons. The molecule has 0 aliphatic heterocycles. The van der Waals surface area contributed by atoms with Crippen molar-refractivity contribution >= 4 is 11.7 Å². The molecular weight excluding hydrogens is 202 g/mol. The Morgan fingerprint density at radius 3 is 2.25 bits per heavy atom. The van der Waals surface area contributed by atoms with Crippen molar-refractivity contribution in [2.45, 2.75) is 20.8 Å². The summed E-state index contributed by atoms with van der Waals surface area (Å²) in [6.45, 7) is 6.00. The van der Waals surface area contributed by atoms with Crippen molar-refractivity contribution in [3.05, 3.63) is 29.8 Å². The second kappa shape index (κ2) is 4.56. The zero-order chi connectivity index (χ0) is 12.3. The van der Waals surface area contributed by atoms with E-state index >= 15 is 0 Å². The van der Waals surface area contributed by atoms with Crippen molar-refractivity contribution in [3.63, 3.8) is 0 Å². The molecule has 0 aliphatic carbocycles. The fraction of sp³-hybridized carbons (Fsp3) is 0.462. The number of anilines is 1. The molecule has 0 saturated carbocycles. The molecule has 0 saturated heterocycles. The number of aryl methyl sites for hydroxylation is 1. The molecule has 3 nitrogen and oxygen atoms in total. The summed E-state index contributed by atoms with van der Waals surface area (Å²) in [6, 6.07) is 8.07. The second-order valence-corrected chi connectivity index (χ2v) is 4.88. The van der Waals surface area contributed by atoms with Crippen LogP contribution in [-0.2, 0) is 4.79 Å². The average Bonchev–Trinajstić information content (AvgIpc) is 2.17. The quantitative estimate of drug-likeness (QED) is 0.849. The van der Waals surface area contributed by atoms with Crippen LogP contribution in [0.4, 0.5) is 5.69 Å². The van der Waals surface area contributed by atoms with Crippen LogP contribution < -0.4 is 4.90 Å². The topological polar surface area (TPSA) is 40.5 Å². The normalized spacial score (nSPS) is 11.2. The van der Waals surface area contributed by atoms with E-state index < -0.39 is 11.4 Å². The summed E-state index contributed by atoms with van der Waals surface area (Å²) in [7, 11) is 1.91. The lowest BCUT2D eigenvalue weighted by Gasteiger charge is -2.28. The van der Waals surface area contributed by atoms with Gasteiger partial charge in [0.25, 0.3) is 0 Å². The van der Waals surface area contributed by atoms with E-state index in [2.05, 4.69) is 0 Å². The highest BCUT2D eigenvalue weighted by Gasteiger charge is 2.28. The van der Waals surface area contributed by atoms with Gasteiger partial charge < -0.3 is 10.0 Å². The van der Waals surface area contributed by atoms with Gasteiger partial charge >= 0.3 is 5.97 Å². The Kier molecular flexibility index (Phi) is 3.58. The van der Waals surface area contributed by atoms with E-state index in [0.717, 1.165) is 5.69 Å². The van der Waals surface area contributed by atoms with Gasteiger partial charge in [0.05, 0.1) is 5.41 Å². The number of nitrogens with zero attached hydrogens (tertiary/aromatic N) is 1. The smallest absolute Gasteiger partial charge is 0.310 e. The minimum atomic E-state index is -0.772. The van der Waals surface area contributed by atoms with Gasteiger partial charge in [0, 0.05) is 19.3 Å². The van der Waals surface area contributed by atoms with Crippen LogP contribution >= 0.6 is 0 Å². The highest BCUT2D eigenvalue weighted by atomic mass is 16.4. The van der Waals surface area contributed by atoms with Crippen molar-refractivity contribution < 1.29 is 9.90 Å². The summed E-state index contributed by atoms with van der Waals surface area (Å²) in [5, 5.41) is 9.05. The largest absolute Gasteiger partial charge is 0.481 e. The summed E-state index contributed by atoms with van der Waals surface area (Å²) >= 11 is 0. The second-order valence-electron chi connectivity index (χ2n) is 4.88. The molecule has 1 aromatic rings. The van der Waals surface area contributed by atoms with Gasteiger partial charge in [-0.1, -0.05) is 17.7 Å². The van der Waals surface area contributed by atoms with Crippen LogP contribution in [-0.4, -0.2) is 24.7 Å². The van der Waals surface area contributed by atoms with Gasteiger partial charge in [-0.15, -0.1) is 0 Å². The van der Waals surface area contributed by atoms with E-state index in [1.807, 2.05) is 43.1 Å². The molecule has 0 bridgehead atoms. The van der Waals surface area contributed by atoms with E-state index in [-0.39, 0.29) is 0 Å². The molecule has 0 amide bonds. The molecule has 0 atom stereocenters. The summed E-state index contributed by atoms with van der Waals surface area (Å²) in [5.74, 6) is -0.772. The van der Waals surface area contributed by atoms with E-state index in [9.17, 15) is 4.79 Å². The van der Waals surface area contributed by atoms with Crippen LogP contribution in [0.1, 0.15) is 19.4 Å². The lowest BCUT2D eigenvalue weighted by atomic mass is 9.93. The third-order valence-electron chi connectivity index (χ3n) is 2.69. The third-order valence-corrected chi connectivity index (χ3v) is 2.69. The van der Waals surface area contributed by atoms with Crippen LogP contribution in [0.15, 0.2) is 24.3 Å². The summed E-state index contributed by atoms with van der Waals surface area (Å²) in [5.41, 5.74) is 1.51. The summed E-state index contributed by atoms with van der Waals surface area (Å²) in [4.78, 5) is 13.0. The maximum absolute atomic E-state index is 11.0. The highest BCUT2D eigenvalue weighted by Crippen LogP contribution is 2.21. The van der Waals surface area contributed by atoms with Gasteiger partial charge in [0.15, 0.2) is 0 Å². The monoisotopic (exact) mass is 221 g/mol. The molecule has 0 fully saturated rings. The molecule has 3 heteroatoms. The SMILES string of the molecule is Cc1ccc(N(C)CC(C)(C)C(=O)O)cc1. The molecule has 1 aromatic carbocycles. The standard InChI is InChI=1S/C13H19NO2/c1-10-5-7-11(8-6-10)14(4)9-13(2,3)12(15)16/h5-8H,9H2,1-4H3,(H,15,16). The first-order chi connectivity index (χ1) is 7.33. The van der Waals surface area contributed by atoms with Crippen LogP contribution in [0.2, 0.25) is 0 Å². The third kappa shape index (κ3) is 2.99. The Balaban J connectivity index is 2.76. The molecule has 0 unspecified atom stereocenters. The Morgan fingerprint density at radius 2 is 1.81 bits per heavy atom. The zero-order valence-electron chi connectivity index (χ0n) is 10.3. The maximum Gasteiger partial charge on any atom is 0.310 e. The Hall–Kier alpha value is -1.51. The fourth-order valence-corrected chi connectivity index (χ4v) is 1.55. The van der Waals surface area contributed by atoms with Crippen LogP contribution in [0, 0.1) is 12.3 Å². The fourth-order valence-electron chi connectivity index (χ4n) is 1.55. The molecule has 1 rings (SSSR count).